The van der Waals surface area contributed by atoms with Gasteiger partial charge < -0.3 is 10.2 Å². The lowest BCUT2D eigenvalue weighted by atomic mass is 9.98. The number of hydrogen-bond donors (Lipinski definition) is 2. The smallest absolute Gasteiger partial charge is 0.257 e. The fraction of sp³-hybridized carbons (Fsp3) is 0.294. The number of carbonyl (C=O) groups is 1. The van der Waals surface area contributed by atoms with Crippen LogP contribution < -0.4 is 10.9 Å². The van der Waals surface area contributed by atoms with Crippen LogP contribution in [0.15, 0.2) is 77.6 Å². The van der Waals surface area contributed by atoms with Gasteiger partial charge in [0.05, 0.1) is 6.54 Å². The second-order valence-electron chi connectivity index (χ2n) is 11.1. The third-order valence-electron chi connectivity index (χ3n) is 8.10. The highest BCUT2D eigenvalue weighted by molar-refractivity contribution is 5.94. The van der Waals surface area contributed by atoms with E-state index in [-0.39, 0.29) is 11.5 Å². The van der Waals surface area contributed by atoms with Crippen LogP contribution in [0.25, 0.3) is 22.5 Å². The maximum absolute atomic E-state index is 14.0. The summed E-state index contributed by atoms with van der Waals surface area (Å²) in [5.74, 6) is 1.35. The molecule has 0 unspecified atom stereocenters. The predicted molar refractivity (Wildman–Crippen MR) is 169 cm³/mol. The van der Waals surface area contributed by atoms with Crippen molar-refractivity contribution in [2.45, 2.75) is 39.7 Å². The van der Waals surface area contributed by atoms with Crippen LogP contribution in [-0.2, 0) is 19.4 Å². The molecule has 3 heterocycles. The number of nitrogens with one attached hydrogen (secondary N) is 2. The Labute approximate surface area is 256 Å². The highest BCUT2D eigenvalue weighted by Crippen LogP contribution is 2.30. The Morgan fingerprint density at radius 3 is 2.43 bits per heavy atom. The minimum Gasteiger partial charge on any atom is -0.336 e. The molecule has 2 aromatic heterocycles. The van der Waals surface area contributed by atoms with E-state index in [1.54, 1.807) is 0 Å². The van der Waals surface area contributed by atoms with E-state index in [0.29, 0.717) is 49.4 Å². The summed E-state index contributed by atoms with van der Waals surface area (Å²) in [7, 11) is 0. The first-order valence-electron chi connectivity index (χ1n) is 15.1. The van der Waals surface area contributed by atoms with Crippen LogP contribution in [0.5, 0.6) is 0 Å². The summed E-state index contributed by atoms with van der Waals surface area (Å²) in [5.41, 5.74) is 6.85. The number of tetrazole rings is 1. The fourth-order valence-electron chi connectivity index (χ4n) is 5.78. The van der Waals surface area contributed by atoms with Gasteiger partial charge in [0, 0.05) is 61.4 Å². The molecular weight excluding hydrogens is 552 g/mol. The van der Waals surface area contributed by atoms with Crippen LogP contribution in [0.1, 0.15) is 51.9 Å². The summed E-state index contributed by atoms with van der Waals surface area (Å²) >= 11 is 0. The number of rotatable bonds is 9. The number of aromatic amines is 1. The van der Waals surface area contributed by atoms with Crippen LogP contribution in [0.2, 0.25) is 0 Å². The van der Waals surface area contributed by atoms with Gasteiger partial charge in [-0.2, -0.15) is 5.21 Å². The van der Waals surface area contributed by atoms with Crippen LogP contribution in [0.4, 0.5) is 0 Å². The molecule has 10 heteroatoms. The van der Waals surface area contributed by atoms with Gasteiger partial charge in [0.2, 0.25) is 5.82 Å². The molecule has 3 aromatic carbocycles. The molecule has 1 aliphatic heterocycles. The highest BCUT2D eigenvalue weighted by atomic mass is 16.2. The van der Waals surface area contributed by atoms with Crippen molar-refractivity contribution in [1.29, 1.82) is 0 Å². The average molecular weight is 589 g/mol. The van der Waals surface area contributed by atoms with Gasteiger partial charge in [0.25, 0.3) is 11.5 Å². The van der Waals surface area contributed by atoms with Gasteiger partial charge in [-0.3, -0.25) is 14.2 Å². The second-order valence-corrected chi connectivity index (χ2v) is 11.1. The first kappa shape index (κ1) is 29.1. The quantitative estimate of drug-likeness (QED) is 0.267. The molecule has 2 N–H and O–H groups in total. The molecule has 0 spiro atoms. The molecule has 10 nitrogen and oxygen atoms in total. The highest BCUT2D eigenvalue weighted by Gasteiger charge is 2.20. The van der Waals surface area contributed by atoms with E-state index >= 15 is 0 Å². The lowest BCUT2D eigenvalue weighted by molar-refractivity contribution is 0.0735. The molecule has 5 aromatic rings. The van der Waals surface area contributed by atoms with Crippen molar-refractivity contribution in [3.05, 3.63) is 117 Å². The molecule has 0 atom stereocenters. The Hall–Kier alpha value is -4.96. The van der Waals surface area contributed by atoms with Crippen molar-refractivity contribution in [2.24, 2.45) is 0 Å². The van der Waals surface area contributed by atoms with Crippen LogP contribution >= 0.6 is 0 Å². The number of aryl methyl sites for hydroxylation is 2. The summed E-state index contributed by atoms with van der Waals surface area (Å²) in [6.07, 6.45) is 2.01. The summed E-state index contributed by atoms with van der Waals surface area (Å²) in [6, 6.07) is 23.8. The molecule has 44 heavy (non-hydrogen) atoms. The van der Waals surface area contributed by atoms with Crippen molar-refractivity contribution in [3.63, 3.8) is 0 Å². The van der Waals surface area contributed by atoms with E-state index in [2.05, 4.69) is 57.1 Å². The predicted octanol–water partition coefficient (Wildman–Crippen LogP) is 4.04. The number of amides is 1. The van der Waals surface area contributed by atoms with E-state index in [0.717, 1.165) is 58.8 Å². The normalized spacial score (nSPS) is 13.3. The van der Waals surface area contributed by atoms with Gasteiger partial charge in [-0.15, -0.1) is 10.2 Å². The number of aromatic nitrogens is 6. The van der Waals surface area contributed by atoms with E-state index in [1.807, 2.05) is 64.9 Å². The molecule has 1 fully saturated rings. The first-order chi connectivity index (χ1) is 21.5. The molecule has 224 valence electrons. The zero-order chi connectivity index (χ0) is 30.5. The monoisotopic (exact) mass is 588 g/mol. The van der Waals surface area contributed by atoms with E-state index < -0.39 is 0 Å². The number of H-pyrrole nitrogens is 1. The summed E-state index contributed by atoms with van der Waals surface area (Å²) in [4.78, 5) is 33.9. The van der Waals surface area contributed by atoms with Gasteiger partial charge in [-0.25, -0.2) is 4.98 Å². The molecule has 1 aliphatic rings. The van der Waals surface area contributed by atoms with Gasteiger partial charge in [0.15, 0.2) is 0 Å². The number of nitrogens with zero attached hydrogens (tertiary/aromatic N) is 6. The molecule has 1 amide bonds. The third kappa shape index (κ3) is 6.21. The van der Waals surface area contributed by atoms with Gasteiger partial charge in [-0.1, -0.05) is 67.6 Å². The average Bonchev–Trinajstić information content (AvgIpc) is 3.61. The lowest BCUT2D eigenvalue weighted by Crippen LogP contribution is -2.46. The molecule has 0 saturated carbocycles. The lowest BCUT2D eigenvalue weighted by Gasteiger charge is -2.27. The molecule has 0 bridgehead atoms. The summed E-state index contributed by atoms with van der Waals surface area (Å²) < 4.78 is 1.81. The Morgan fingerprint density at radius 1 is 0.932 bits per heavy atom. The number of benzene rings is 3. The Bertz CT molecular complexity index is 1810. The zero-order valence-electron chi connectivity index (χ0n) is 25.1. The summed E-state index contributed by atoms with van der Waals surface area (Å²) in [6.45, 7) is 7.42. The Kier molecular flexibility index (Phi) is 8.69. The molecule has 0 radical (unpaired) electrons. The fourth-order valence-corrected chi connectivity index (χ4v) is 5.78. The minimum atomic E-state index is -0.0358. The largest absolute Gasteiger partial charge is 0.336 e. The minimum absolute atomic E-state index is 0.0299. The Balaban J connectivity index is 1.27. The molecule has 6 rings (SSSR count). The Morgan fingerprint density at radius 2 is 1.70 bits per heavy atom. The topological polar surface area (TPSA) is 122 Å². The van der Waals surface area contributed by atoms with Crippen LogP contribution in [0.3, 0.4) is 0 Å². The van der Waals surface area contributed by atoms with E-state index in [9.17, 15) is 9.59 Å². The standard InChI is InChI=1S/C34H36N8O2/c1-3-7-31-36-23(2)30(21-25-8-6-9-27(20-25)33(43)41-18-16-35-17-19-41)34(44)42(31)22-24-12-14-26(15-13-24)28-10-4-5-11-29(28)32-37-39-40-38-32/h4-6,8-15,20,35H,3,7,16-19,21-22H2,1-2H3,(H,37,38,39,40). The van der Waals surface area contributed by atoms with Gasteiger partial charge in [-0.05, 0) is 52.9 Å². The van der Waals surface area contributed by atoms with Crippen LogP contribution in [-0.4, -0.2) is 67.2 Å². The number of carbonyl (C=O) groups excluding carboxylic acids is 1. The van der Waals surface area contributed by atoms with Crippen molar-refractivity contribution >= 4 is 5.91 Å². The van der Waals surface area contributed by atoms with Crippen molar-refractivity contribution in [2.75, 3.05) is 26.2 Å². The molecule has 0 aliphatic carbocycles. The molecular formula is C34H36N8O2. The number of hydrogen-bond acceptors (Lipinski definition) is 7. The third-order valence-corrected chi connectivity index (χ3v) is 8.10. The van der Waals surface area contributed by atoms with Gasteiger partial charge in [0.1, 0.15) is 5.82 Å². The van der Waals surface area contributed by atoms with Crippen molar-refractivity contribution in [1.82, 2.24) is 40.4 Å². The van der Waals surface area contributed by atoms with Crippen molar-refractivity contribution in [3.8, 4) is 22.5 Å². The second kappa shape index (κ2) is 13.1. The first-order valence-corrected chi connectivity index (χ1v) is 15.1. The van der Waals surface area contributed by atoms with Gasteiger partial charge >= 0.3 is 0 Å². The maximum atomic E-state index is 14.0. The van der Waals surface area contributed by atoms with E-state index in [1.165, 1.54) is 0 Å². The van der Waals surface area contributed by atoms with Crippen LogP contribution in [0, 0.1) is 6.92 Å². The number of piperazine rings is 1. The summed E-state index contributed by atoms with van der Waals surface area (Å²) in [5, 5.41) is 17.8. The zero-order valence-corrected chi connectivity index (χ0v) is 25.1. The molecule has 1 saturated heterocycles. The maximum Gasteiger partial charge on any atom is 0.257 e. The van der Waals surface area contributed by atoms with Crippen molar-refractivity contribution < 1.29 is 4.79 Å². The SMILES string of the molecule is CCCc1nc(C)c(Cc2cccc(C(=O)N3CCNCC3)c2)c(=O)n1Cc1ccc(-c2ccccc2-c2nn[nH]n2)cc1. The van der Waals surface area contributed by atoms with E-state index in [4.69, 9.17) is 4.98 Å².